The molecule has 1 heterocycles. The molecule has 0 saturated carbocycles. The number of likely N-dealkylation sites (tertiary alicyclic amines) is 1. The number of nitrogens with zero attached hydrogens (tertiary/aromatic N) is 1. The van der Waals surface area contributed by atoms with Crippen LogP contribution in [0.4, 0.5) is 0 Å². The van der Waals surface area contributed by atoms with Crippen molar-refractivity contribution in [1.82, 2.24) is 10.2 Å². The van der Waals surface area contributed by atoms with Gasteiger partial charge in [-0.1, -0.05) is 11.6 Å². The first-order chi connectivity index (χ1) is 8.72. The molecule has 0 spiro atoms. The number of hydrogen-bond acceptors (Lipinski definition) is 3. The Labute approximate surface area is 113 Å². The number of ether oxygens (including phenoxy) is 1. The summed E-state index contributed by atoms with van der Waals surface area (Å²) >= 11 is 0. The summed E-state index contributed by atoms with van der Waals surface area (Å²) in [6.07, 6.45) is 6.03. The second-order valence-electron chi connectivity index (χ2n) is 5.36. The minimum absolute atomic E-state index is 0.717. The highest BCUT2D eigenvalue weighted by molar-refractivity contribution is 4.95. The van der Waals surface area contributed by atoms with Crippen LogP contribution in [-0.2, 0) is 4.74 Å². The summed E-state index contributed by atoms with van der Waals surface area (Å²) in [7, 11) is 0. The van der Waals surface area contributed by atoms with E-state index in [1.165, 1.54) is 31.5 Å². The van der Waals surface area contributed by atoms with Gasteiger partial charge < -0.3 is 10.1 Å². The van der Waals surface area contributed by atoms with Gasteiger partial charge in [0.05, 0.1) is 0 Å². The topological polar surface area (TPSA) is 24.5 Å². The zero-order valence-electron chi connectivity index (χ0n) is 12.4. The predicted molar refractivity (Wildman–Crippen MR) is 78.0 cm³/mol. The molecule has 0 aliphatic carbocycles. The lowest BCUT2D eigenvalue weighted by atomic mass is 10.0. The molecule has 0 aromatic heterocycles. The molecule has 0 radical (unpaired) electrons. The standard InChI is InChI=1S/C15H30N2O/c1-4-18-13-5-9-16-15-7-11-17(12-8-15)10-6-14(2)3/h6,15-16H,4-5,7-13H2,1-3H3. The van der Waals surface area contributed by atoms with E-state index in [1.807, 2.05) is 0 Å². The highest BCUT2D eigenvalue weighted by Gasteiger charge is 2.17. The van der Waals surface area contributed by atoms with Gasteiger partial charge in [-0.2, -0.15) is 0 Å². The molecule has 3 heteroatoms. The highest BCUT2D eigenvalue weighted by Crippen LogP contribution is 2.10. The molecule has 3 nitrogen and oxygen atoms in total. The molecule has 0 bridgehead atoms. The van der Waals surface area contributed by atoms with E-state index in [0.29, 0.717) is 0 Å². The molecule has 0 aromatic rings. The third-order valence-electron chi connectivity index (χ3n) is 3.45. The van der Waals surface area contributed by atoms with Crippen molar-refractivity contribution in [3.05, 3.63) is 11.6 Å². The van der Waals surface area contributed by atoms with Gasteiger partial charge in [0, 0.05) is 25.8 Å². The largest absolute Gasteiger partial charge is 0.382 e. The van der Waals surface area contributed by atoms with Crippen molar-refractivity contribution in [1.29, 1.82) is 0 Å². The Balaban J connectivity index is 2.03. The smallest absolute Gasteiger partial charge is 0.0477 e. The number of nitrogens with one attached hydrogen (secondary N) is 1. The van der Waals surface area contributed by atoms with E-state index in [1.54, 1.807) is 0 Å². The van der Waals surface area contributed by atoms with E-state index in [2.05, 4.69) is 37.1 Å². The summed E-state index contributed by atoms with van der Waals surface area (Å²) in [5.41, 5.74) is 1.42. The molecule has 0 unspecified atom stereocenters. The van der Waals surface area contributed by atoms with Crippen LogP contribution in [0.3, 0.4) is 0 Å². The van der Waals surface area contributed by atoms with Crippen LogP contribution in [0.25, 0.3) is 0 Å². The minimum atomic E-state index is 0.717. The van der Waals surface area contributed by atoms with Gasteiger partial charge in [0.1, 0.15) is 0 Å². The first kappa shape index (κ1) is 15.7. The summed E-state index contributed by atoms with van der Waals surface area (Å²) in [5.74, 6) is 0. The van der Waals surface area contributed by atoms with Gasteiger partial charge in [-0.15, -0.1) is 0 Å². The third-order valence-corrected chi connectivity index (χ3v) is 3.45. The number of hydrogen-bond donors (Lipinski definition) is 1. The van der Waals surface area contributed by atoms with Crippen LogP contribution in [0.1, 0.15) is 40.0 Å². The van der Waals surface area contributed by atoms with Crippen LogP contribution in [0.15, 0.2) is 11.6 Å². The fraction of sp³-hybridized carbons (Fsp3) is 0.867. The molecular formula is C15H30N2O. The Morgan fingerprint density at radius 2 is 2.06 bits per heavy atom. The van der Waals surface area contributed by atoms with Gasteiger partial charge in [0.15, 0.2) is 0 Å². The van der Waals surface area contributed by atoms with E-state index in [-0.39, 0.29) is 0 Å². The van der Waals surface area contributed by atoms with Crippen molar-refractivity contribution >= 4 is 0 Å². The highest BCUT2D eigenvalue weighted by atomic mass is 16.5. The van der Waals surface area contributed by atoms with Crippen LogP contribution in [0.5, 0.6) is 0 Å². The number of allylic oxidation sites excluding steroid dienone is 1. The summed E-state index contributed by atoms with van der Waals surface area (Å²) < 4.78 is 5.34. The molecule has 106 valence electrons. The Bertz CT molecular complexity index is 229. The second kappa shape index (κ2) is 9.54. The normalized spacial score (nSPS) is 17.9. The lowest BCUT2D eigenvalue weighted by Gasteiger charge is -2.31. The first-order valence-electron chi connectivity index (χ1n) is 7.39. The van der Waals surface area contributed by atoms with Crippen LogP contribution in [0, 0.1) is 0 Å². The van der Waals surface area contributed by atoms with E-state index in [0.717, 1.165) is 38.8 Å². The van der Waals surface area contributed by atoms with Crippen molar-refractivity contribution in [2.24, 2.45) is 0 Å². The van der Waals surface area contributed by atoms with E-state index in [4.69, 9.17) is 4.74 Å². The van der Waals surface area contributed by atoms with Crippen molar-refractivity contribution in [2.75, 3.05) is 39.4 Å². The van der Waals surface area contributed by atoms with Gasteiger partial charge in [-0.25, -0.2) is 0 Å². The molecular weight excluding hydrogens is 224 g/mol. The minimum Gasteiger partial charge on any atom is -0.382 e. The van der Waals surface area contributed by atoms with Crippen LogP contribution < -0.4 is 5.32 Å². The molecule has 1 aliphatic heterocycles. The third kappa shape index (κ3) is 7.14. The van der Waals surface area contributed by atoms with Gasteiger partial charge in [-0.3, -0.25) is 4.90 Å². The molecule has 0 aromatic carbocycles. The van der Waals surface area contributed by atoms with Gasteiger partial charge >= 0.3 is 0 Å². The lowest BCUT2D eigenvalue weighted by Crippen LogP contribution is -2.42. The molecule has 1 aliphatic rings. The van der Waals surface area contributed by atoms with E-state index in [9.17, 15) is 0 Å². The molecule has 1 N–H and O–H groups in total. The monoisotopic (exact) mass is 254 g/mol. The van der Waals surface area contributed by atoms with Crippen LogP contribution in [-0.4, -0.2) is 50.3 Å². The number of rotatable bonds is 8. The molecule has 1 fully saturated rings. The Morgan fingerprint density at radius 3 is 2.67 bits per heavy atom. The predicted octanol–water partition coefficient (Wildman–Crippen LogP) is 2.43. The maximum absolute atomic E-state index is 5.34. The maximum atomic E-state index is 5.34. The van der Waals surface area contributed by atoms with Crippen molar-refractivity contribution in [3.63, 3.8) is 0 Å². The zero-order chi connectivity index (χ0) is 13.2. The summed E-state index contributed by atoms with van der Waals surface area (Å²) in [4.78, 5) is 2.55. The Hall–Kier alpha value is -0.380. The average Bonchev–Trinajstić information content (AvgIpc) is 2.37. The van der Waals surface area contributed by atoms with Gasteiger partial charge in [0.2, 0.25) is 0 Å². The van der Waals surface area contributed by atoms with Crippen molar-refractivity contribution in [3.8, 4) is 0 Å². The molecule has 1 rings (SSSR count). The molecule has 0 atom stereocenters. The van der Waals surface area contributed by atoms with E-state index >= 15 is 0 Å². The summed E-state index contributed by atoms with van der Waals surface area (Å²) in [5, 5.41) is 3.64. The van der Waals surface area contributed by atoms with Gasteiger partial charge in [0.25, 0.3) is 0 Å². The van der Waals surface area contributed by atoms with Crippen LogP contribution in [0.2, 0.25) is 0 Å². The van der Waals surface area contributed by atoms with E-state index < -0.39 is 0 Å². The lowest BCUT2D eigenvalue weighted by molar-refractivity contribution is 0.142. The SMILES string of the molecule is CCOCCCNC1CCN(CC=C(C)C)CC1. The molecule has 1 saturated heterocycles. The Kier molecular flexibility index (Phi) is 8.31. The first-order valence-corrected chi connectivity index (χ1v) is 7.39. The number of piperidine rings is 1. The van der Waals surface area contributed by atoms with Crippen LogP contribution >= 0.6 is 0 Å². The zero-order valence-corrected chi connectivity index (χ0v) is 12.4. The average molecular weight is 254 g/mol. The van der Waals surface area contributed by atoms with Gasteiger partial charge in [-0.05, 0) is 59.7 Å². The fourth-order valence-electron chi connectivity index (χ4n) is 2.26. The van der Waals surface area contributed by atoms with Crippen molar-refractivity contribution in [2.45, 2.75) is 46.1 Å². The second-order valence-corrected chi connectivity index (χ2v) is 5.36. The molecule has 18 heavy (non-hydrogen) atoms. The van der Waals surface area contributed by atoms with Crippen molar-refractivity contribution < 1.29 is 4.74 Å². The Morgan fingerprint density at radius 1 is 1.33 bits per heavy atom. The fourth-order valence-corrected chi connectivity index (χ4v) is 2.26. The maximum Gasteiger partial charge on any atom is 0.0477 e. The molecule has 0 amide bonds. The summed E-state index contributed by atoms with van der Waals surface area (Å²) in [6, 6.07) is 0.717. The quantitative estimate of drug-likeness (QED) is 0.532. The summed E-state index contributed by atoms with van der Waals surface area (Å²) in [6.45, 7) is 12.8.